The number of methoxy groups -OCH3 is 1. The molecule has 216 valence electrons. The van der Waals surface area contributed by atoms with E-state index in [-0.39, 0.29) is 17.1 Å². The number of para-hydroxylation sites is 1. The Bertz CT molecular complexity index is 1400. The highest BCUT2D eigenvalue weighted by atomic mass is 16.8. The Hall–Kier alpha value is -2.07. The molecule has 3 heterocycles. The Kier molecular flexibility index (Phi) is 5.85. The molecule has 1 unspecified atom stereocenters. The third-order valence-electron chi connectivity index (χ3n) is 11.2. The van der Waals surface area contributed by atoms with Gasteiger partial charge in [0.2, 0.25) is 0 Å². The van der Waals surface area contributed by atoms with Crippen LogP contribution in [0.25, 0.3) is 10.9 Å². The fraction of sp³-hybridized carbons (Fsp3) is 0.656. The Morgan fingerprint density at radius 3 is 2.65 bits per heavy atom. The molecule has 7 atom stereocenters. The molecule has 3 fully saturated rings. The van der Waals surface area contributed by atoms with E-state index in [1.54, 1.807) is 13.2 Å². The van der Waals surface area contributed by atoms with Crippen LogP contribution in [-0.4, -0.2) is 78.6 Å². The topological polar surface area (TPSA) is 99.2 Å². The second kappa shape index (κ2) is 8.72. The lowest BCUT2D eigenvalue weighted by Gasteiger charge is -2.67. The lowest BCUT2D eigenvalue weighted by atomic mass is 9.41. The molecule has 0 amide bonds. The predicted octanol–water partition coefficient (Wildman–Crippen LogP) is 3.98. The van der Waals surface area contributed by atoms with Crippen LogP contribution in [0.3, 0.4) is 0 Å². The Morgan fingerprint density at radius 2 is 1.85 bits per heavy atom. The summed E-state index contributed by atoms with van der Waals surface area (Å²) in [6, 6.07) is 8.45. The number of aliphatic hydroxyl groups is 1. The lowest BCUT2D eigenvalue weighted by molar-refractivity contribution is -0.281. The number of carbonyl (C=O) groups is 1. The van der Waals surface area contributed by atoms with E-state index in [4.69, 9.17) is 23.7 Å². The molecule has 1 aromatic heterocycles. The summed E-state index contributed by atoms with van der Waals surface area (Å²) in [5.74, 6) is -1.04. The first-order valence-electron chi connectivity index (χ1n) is 14.7. The van der Waals surface area contributed by atoms with E-state index in [0.29, 0.717) is 51.3 Å². The summed E-state index contributed by atoms with van der Waals surface area (Å²) in [4.78, 5) is 17.2. The first kappa shape index (κ1) is 26.8. The summed E-state index contributed by atoms with van der Waals surface area (Å²) in [6.45, 7) is 10.0. The van der Waals surface area contributed by atoms with Crippen LogP contribution in [-0.2, 0) is 40.3 Å². The Morgan fingerprint density at radius 1 is 1.07 bits per heavy atom. The number of carbonyl (C=O) groups excluding carboxylic acids is 1. The zero-order chi connectivity index (χ0) is 28.1. The van der Waals surface area contributed by atoms with E-state index in [9.17, 15) is 9.90 Å². The van der Waals surface area contributed by atoms with Gasteiger partial charge >= 0.3 is 0 Å². The molecular weight excluding hydrogens is 510 g/mol. The number of hydrogen-bond donors (Lipinski definition) is 2. The molecule has 8 heteroatoms. The highest BCUT2D eigenvalue weighted by Gasteiger charge is 2.78. The van der Waals surface area contributed by atoms with Crippen LogP contribution < -0.4 is 0 Å². The van der Waals surface area contributed by atoms with Crippen molar-refractivity contribution < 1.29 is 33.6 Å². The van der Waals surface area contributed by atoms with E-state index in [1.165, 1.54) is 16.6 Å². The van der Waals surface area contributed by atoms with Crippen molar-refractivity contribution in [2.24, 2.45) is 11.3 Å². The maximum absolute atomic E-state index is 13.5. The molecule has 2 aromatic rings. The van der Waals surface area contributed by atoms with Gasteiger partial charge in [-0.15, -0.1) is 0 Å². The highest BCUT2D eigenvalue weighted by Crippen LogP contribution is 2.72. The minimum atomic E-state index is -1.50. The summed E-state index contributed by atoms with van der Waals surface area (Å²) in [5.41, 5.74) is 0.839. The minimum Gasteiger partial charge on any atom is -0.382 e. The van der Waals surface area contributed by atoms with E-state index in [1.807, 2.05) is 13.8 Å². The molecule has 8 nitrogen and oxygen atoms in total. The molecule has 5 aliphatic rings. The van der Waals surface area contributed by atoms with Crippen LogP contribution >= 0.6 is 0 Å². The summed E-state index contributed by atoms with van der Waals surface area (Å²) < 4.78 is 30.4. The standard InChI is InChI=1S/C32H41NO7/c1-28(2)27-23(34)18-24-31(39-27,40-28)11-10-29(3)30(4)19(16-21-20-8-6-7-9-22(20)33-26(21)30)17-25(32(24,29)35)38-15-14-37-13-12-36-5/h6-9,18-19,25,27,33,35H,10-17H2,1-5H3/t19-,25+,27+,29-,30-,31?,32+/m1/s1. The third kappa shape index (κ3) is 3.21. The molecule has 40 heavy (non-hydrogen) atoms. The van der Waals surface area contributed by atoms with Gasteiger partial charge in [0.25, 0.3) is 0 Å². The maximum Gasteiger partial charge on any atom is 0.195 e. The number of rotatable bonds is 7. The molecule has 0 radical (unpaired) electrons. The Labute approximate surface area is 235 Å². The van der Waals surface area contributed by atoms with Gasteiger partial charge in [-0.1, -0.05) is 32.0 Å². The van der Waals surface area contributed by atoms with Crippen molar-refractivity contribution in [3.63, 3.8) is 0 Å². The molecule has 2 saturated carbocycles. The number of ketones is 1. The van der Waals surface area contributed by atoms with Gasteiger partial charge in [-0.3, -0.25) is 4.79 Å². The number of aromatic nitrogens is 1. The van der Waals surface area contributed by atoms with E-state index in [0.717, 1.165) is 11.9 Å². The molecule has 7 rings (SSSR count). The molecule has 2 bridgehead atoms. The lowest BCUT2D eigenvalue weighted by Crippen LogP contribution is -2.74. The monoisotopic (exact) mass is 551 g/mol. The van der Waals surface area contributed by atoms with E-state index in [2.05, 4.69) is 43.1 Å². The number of hydrogen-bond acceptors (Lipinski definition) is 7. The number of nitrogens with one attached hydrogen (secondary N) is 1. The van der Waals surface area contributed by atoms with Gasteiger partial charge in [0.1, 0.15) is 11.2 Å². The quantitative estimate of drug-likeness (QED) is 0.502. The van der Waals surface area contributed by atoms with Gasteiger partial charge in [-0.25, -0.2) is 0 Å². The summed E-state index contributed by atoms with van der Waals surface area (Å²) in [5, 5.41) is 14.5. The largest absolute Gasteiger partial charge is 0.382 e. The third-order valence-corrected chi connectivity index (χ3v) is 11.2. The normalized spacial score (nSPS) is 40.9. The van der Waals surface area contributed by atoms with Gasteiger partial charge in [0.05, 0.1) is 32.5 Å². The van der Waals surface area contributed by atoms with Crippen molar-refractivity contribution in [3.8, 4) is 0 Å². The SMILES string of the molecule is COCCOCCO[C@H]1C[C@H]2Cc3c([nH]c4ccccc34)[C@]2(C)[C@@]2(C)CCC34O[C@@H](C(=O)C=C3[C@]12O)C(C)(C)O4. The van der Waals surface area contributed by atoms with Crippen LogP contribution in [0.15, 0.2) is 35.9 Å². The zero-order valence-corrected chi connectivity index (χ0v) is 24.2. The summed E-state index contributed by atoms with van der Waals surface area (Å²) in [6.07, 6.45) is 3.18. The van der Waals surface area contributed by atoms with Crippen molar-refractivity contribution in [2.45, 2.75) is 88.0 Å². The fourth-order valence-electron chi connectivity index (χ4n) is 9.08. The number of fused-ring (bicyclic) bond motifs is 9. The molecule has 1 spiro atoms. The van der Waals surface area contributed by atoms with Gasteiger partial charge < -0.3 is 33.8 Å². The van der Waals surface area contributed by atoms with Crippen LogP contribution in [0.5, 0.6) is 0 Å². The van der Waals surface area contributed by atoms with Gasteiger partial charge in [-0.05, 0) is 56.7 Å². The molecule has 2 N–H and O–H groups in total. The number of benzene rings is 1. The average molecular weight is 552 g/mol. The number of H-pyrrole nitrogens is 1. The van der Waals surface area contributed by atoms with Gasteiger partial charge in [-0.2, -0.15) is 0 Å². The van der Waals surface area contributed by atoms with Crippen molar-refractivity contribution in [3.05, 3.63) is 47.2 Å². The van der Waals surface area contributed by atoms with Crippen molar-refractivity contribution in [1.82, 2.24) is 4.98 Å². The summed E-state index contributed by atoms with van der Waals surface area (Å²) in [7, 11) is 1.65. The maximum atomic E-state index is 13.5. The van der Waals surface area contributed by atoms with Crippen molar-refractivity contribution in [1.29, 1.82) is 0 Å². The van der Waals surface area contributed by atoms with Crippen molar-refractivity contribution in [2.75, 3.05) is 33.5 Å². The molecule has 2 aliphatic heterocycles. The molecule has 3 aliphatic carbocycles. The second-order valence-electron chi connectivity index (χ2n) is 13.3. The number of aromatic amines is 1. The van der Waals surface area contributed by atoms with Crippen LogP contribution in [0.2, 0.25) is 0 Å². The predicted molar refractivity (Wildman–Crippen MR) is 148 cm³/mol. The molecular formula is C32H41NO7. The van der Waals surface area contributed by atoms with Crippen LogP contribution in [0.4, 0.5) is 0 Å². The zero-order valence-electron chi connectivity index (χ0n) is 24.2. The minimum absolute atomic E-state index is 0.155. The molecule has 1 saturated heterocycles. The van der Waals surface area contributed by atoms with Gasteiger partial charge in [0, 0.05) is 46.5 Å². The van der Waals surface area contributed by atoms with E-state index >= 15 is 0 Å². The average Bonchev–Trinajstić information content (AvgIpc) is 3.50. The molecule has 1 aromatic carbocycles. The Balaban J connectivity index is 1.34. The smallest absolute Gasteiger partial charge is 0.195 e. The van der Waals surface area contributed by atoms with Crippen LogP contribution in [0.1, 0.15) is 58.2 Å². The van der Waals surface area contributed by atoms with E-state index < -0.39 is 34.6 Å². The van der Waals surface area contributed by atoms with Gasteiger partial charge in [0.15, 0.2) is 17.7 Å². The number of ether oxygens (including phenoxy) is 5. The summed E-state index contributed by atoms with van der Waals surface area (Å²) >= 11 is 0. The first-order chi connectivity index (χ1) is 19.0. The van der Waals surface area contributed by atoms with Crippen LogP contribution in [0, 0.1) is 11.3 Å². The second-order valence-corrected chi connectivity index (χ2v) is 13.3. The first-order valence-corrected chi connectivity index (χ1v) is 14.7. The van der Waals surface area contributed by atoms with Crippen molar-refractivity contribution >= 4 is 16.7 Å². The highest BCUT2D eigenvalue weighted by molar-refractivity contribution is 5.97. The fourth-order valence-corrected chi connectivity index (χ4v) is 9.08.